The molecule has 0 spiro atoms. The molecule has 1 heterocycles. The number of likely N-dealkylation sites (tertiary alicyclic amines) is 1. The molecule has 5 heteroatoms. The average molecular weight is 343 g/mol. The van der Waals surface area contributed by atoms with Crippen LogP contribution in [0.4, 0.5) is 0 Å². The number of amides is 2. The van der Waals surface area contributed by atoms with Gasteiger partial charge in [0.15, 0.2) is 0 Å². The Bertz CT molecular complexity index is 611. The van der Waals surface area contributed by atoms with Crippen LogP contribution in [0.2, 0.25) is 0 Å². The molecule has 0 unspecified atom stereocenters. The molecule has 1 aromatic carbocycles. The van der Waals surface area contributed by atoms with Crippen molar-refractivity contribution in [3.8, 4) is 0 Å². The Balaban J connectivity index is 1.52. The zero-order valence-electron chi connectivity index (χ0n) is 14.9. The van der Waals surface area contributed by atoms with Gasteiger partial charge in [0.25, 0.3) is 0 Å². The number of benzene rings is 1. The van der Waals surface area contributed by atoms with E-state index >= 15 is 0 Å². The van der Waals surface area contributed by atoms with Crippen LogP contribution in [0, 0.1) is 11.8 Å². The third kappa shape index (κ3) is 5.05. The SMILES string of the molecule is NC(=O)[C@H]1CCCN(Cc2cccc(CNC(=O)C3CCCC3)c2)C1. The van der Waals surface area contributed by atoms with Gasteiger partial charge >= 0.3 is 0 Å². The predicted molar refractivity (Wildman–Crippen MR) is 97.4 cm³/mol. The van der Waals surface area contributed by atoms with Crippen LogP contribution in [0.1, 0.15) is 49.7 Å². The number of nitrogens with one attached hydrogen (secondary N) is 1. The molecule has 1 aliphatic carbocycles. The minimum absolute atomic E-state index is 0.0253. The summed E-state index contributed by atoms with van der Waals surface area (Å²) in [5.74, 6) is 0.196. The fourth-order valence-corrected chi connectivity index (χ4v) is 4.05. The van der Waals surface area contributed by atoms with Crippen molar-refractivity contribution in [3.63, 3.8) is 0 Å². The fraction of sp³-hybridized carbons (Fsp3) is 0.600. The molecular weight excluding hydrogens is 314 g/mol. The monoisotopic (exact) mass is 343 g/mol. The minimum Gasteiger partial charge on any atom is -0.369 e. The maximum atomic E-state index is 12.2. The summed E-state index contributed by atoms with van der Waals surface area (Å²) in [6.45, 7) is 3.17. The summed E-state index contributed by atoms with van der Waals surface area (Å²) in [4.78, 5) is 25.9. The van der Waals surface area contributed by atoms with Crippen molar-refractivity contribution in [3.05, 3.63) is 35.4 Å². The summed E-state index contributed by atoms with van der Waals surface area (Å²) >= 11 is 0. The van der Waals surface area contributed by atoms with E-state index in [1.54, 1.807) is 0 Å². The van der Waals surface area contributed by atoms with Gasteiger partial charge < -0.3 is 11.1 Å². The molecule has 0 radical (unpaired) electrons. The van der Waals surface area contributed by atoms with E-state index < -0.39 is 0 Å². The Kier molecular flexibility index (Phi) is 6.08. The van der Waals surface area contributed by atoms with E-state index in [1.807, 2.05) is 6.07 Å². The number of nitrogens with two attached hydrogens (primary N) is 1. The normalized spacial score (nSPS) is 22.0. The molecule has 0 bridgehead atoms. The Hall–Kier alpha value is -1.88. The smallest absolute Gasteiger partial charge is 0.223 e. The summed E-state index contributed by atoms with van der Waals surface area (Å²) in [5, 5.41) is 3.08. The van der Waals surface area contributed by atoms with Crippen LogP contribution in [0.3, 0.4) is 0 Å². The van der Waals surface area contributed by atoms with E-state index in [0.717, 1.165) is 50.9 Å². The van der Waals surface area contributed by atoms with Crippen LogP contribution in [0.25, 0.3) is 0 Å². The van der Waals surface area contributed by atoms with Gasteiger partial charge in [-0.25, -0.2) is 0 Å². The number of hydrogen-bond donors (Lipinski definition) is 2. The molecule has 2 aliphatic rings. The molecule has 2 amide bonds. The highest BCUT2D eigenvalue weighted by Gasteiger charge is 2.24. The van der Waals surface area contributed by atoms with Gasteiger partial charge in [-0.2, -0.15) is 0 Å². The first-order valence-corrected chi connectivity index (χ1v) is 9.49. The molecule has 2 fully saturated rings. The van der Waals surface area contributed by atoms with Gasteiger partial charge in [-0.3, -0.25) is 14.5 Å². The number of primary amides is 1. The lowest BCUT2D eigenvalue weighted by molar-refractivity contribution is -0.125. The van der Waals surface area contributed by atoms with Crippen LogP contribution in [-0.4, -0.2) is 29.8 Å². The third-order valence-electron chi connectivity index (χ3n) is 5.50. The van der Waals surface area contributed by atoms with E-state index in [-0.39, 0.29) is 23.7 Å². The molecule has 3 rings (SSSR count). The molecular formula is C20H29N3O2. The number of nitrogens with zero attached hydrogens (tertiary/aromatic N) is 1. The standard InChI is InChI=1S/C20H29N3O2/c21-19(24)18-9-4-10-23(14-18)13-16-6-3-5-15(11-16)12-22-20(25)17-7-1-2-8-17/h3,5-6,11,17-18H,1-2,4,7-10,12-14H2,(H2,21,24)(H,22,25)/t18-/m0/s1. The van der Waals surface area contributed by atoms with Gasteiger partial charge in [0.1, 0.15) is 0 Å². The second-order valence-electron chi connectivity index (χ2n) is 7.50. The number of hydrogen-bond acceptors (Lipinski definition) is 3. The van der Waals surface area contributed by atoms with E-state index in [4.69, 9.17) is 5.73 Å². The number of carbonyl (C=O) groups excluding carboxylic acids is 2. The summed E-state index contributed by atoms with van der Waals surface area (Å²) in [6, 6.07) is 8.36. The van der Waals surface area contributed by atoms with Gasteiger partial charge in [0.05, 0.1) is 5.92 Å². The van der Waals surface area contributed by atoms with Crippen molar-refractivity contribution < 1.29 is 9.59 Å². The summed E-state index contributed by atoms with van der Waals surface area (Å²) in [5.41, 5.74) is 7.81. The molecule has 136 valence electrons. The number of rotatable bonds is 6. The first kappa shape index (κ1) is 17.9. The second kappa shape index (κ2) is 8.48. The van der Waals surface area contributed by atoms with Crippen LogP contribution in [-0.2, 0) is 22.7 Å². The zero-order chi connectivity index (χ0) is 17.6. The van der Waals surface area contributed by atoms with Crippen molar-refractivity contribution in [1.82, 2.24) is 10.2 Å². The molecule has 1 aromatic rings. The topological polar surface area (TPSA) is 75.4 Å². The van der Waals surface area contributed by atoms with Crippen molar-refractivity contribution in [2.45, 2.75) is 51.6 Å². The Morgan fingerprint density at radius 3 is 2.56 bits per heavy atom. The Labute approximate surface area is 150 Å². The van der Waals surface area contributed by atoms with Crippen molar-refractivity contribution in [1.29, 1.82) is 0 Å². The van der Waals surface area contributed by atoms with Crippen LogP contribution in [0.5, 0.6) is 0 Å². The van der Waals surface area contributed by atoms with E-state index in [2.05, 4.69) is 28.4 Å². The number of piperidine rings is 1. The lowest BCUT2D eigenvalue weighted by Crippen LogP contribution is -2.40. The fourth-order valence-electron chi connectivity index (χ4n) is 4.05. The molecule has 5 nitrogen and oxygen atoms in total. The van der Waals surface area contributed by atoms with Gasteiger partial charge in [0.2, 0.25) is 11.8 Å². The Morgan fingerprint density at radius 2 is 1.80 bits per heavy atom. The molecule has 0 aromatic heterocycles. The van der Waals surface area contributed by atoms with Gasteiger partial charge in [-0.15, -0.1) is 0 Å². The van der Waals surface area contributed by atoms with E-state index in [9.17, 15) is 9.59 Å². The van der Waals surface area contributed by atoms with Crippen LogP contribution < -0.4 is 11.1 Å². The summed E-state index contributed by atoms with van der Waals surface area (Å²) in [6.07, 6.45) is 6.33. The molecule has 25 heavy (non-hydrogen) atoms. The van der Waals surface area contributed by atoms with Crippen LogP contribution in [0.15, 0.2) is 24.3 Å². The first-order valence-electron chi connectivity index (χ1n) is 9.49. The third-order valence-corrected chi connectivity index (χ3v) is 5.50. The van der Waals surface area contributed by atoms with Gasteiger partial charge in [-0.05, 0) is 43.4 Å². The summed E-state index contributed by atoms with van der Waals surface area (Å²) in [7, 11) is 0. The van der Waals surface area contributed by atoms with Crippen LogP contribution >= 0.6 is 0 Å². The van der Waals surface area contributed by atoms with E-state index in [0.29, 0.717) is 6.54 Å². The van der Waals surface area contributed by atoms with Gasteiger partial charge in [-0.1, -0.05) is 37.1 Å². The van der Waals surface area contributed by atoms with Crippen molar-refractivity contribution in [2.75, 3.05) is 13.1 Å². The highest BCUT2D eigenvalue weighted by Crippen LogP contribution is 2.24. The number of carbonyl (C=O) groups is 2. The second-order valence-corrected chi connectivity index (χ2v) is 7.50. The quantitative estimate of drug-likeness (QED) is 0.831. The predicted octanol–water partition coefficient (Wildman–Crippen LogP) is 2.19. The lowest BCUT2D eigenvalue weighted by atomic mass is 9.97. The molecule has 1 atom stereocenters. The van der Waals surface area contributed by atoms with E-state index in [1.165, 1.54) is 18.4 Å². The van der Waals surface area contributed by atoms with Gasteiger partial charge in [0, 0.05) is 25.6 Å². The lowest BCUT2D eigenvalue weighted by Gasteiger charge is -2.31. The largest absolute Gasteiger partial charge is 0.369 e. The minimum atomic E-state index is -0.187. The highest BCUT2D eigenvalue weighted by molar-refractivity contribution is 5.78. The van der Waals surface area contributed by atoms with Crippen molar-refractivity contribution >= 4 is 11.8 Å². The molecule has 3 N–H and O–H groups in total. The maximum absolute atomic E-state index is 12.2. The summed E-state index contributed by atoms with van der Waals surface area (Å²) < 4.78 is 0. The molecule has 1 saturated heterocycles. The van der Waals surface area contributed by atoms with Crippen molar-refractivity contribution in [2.24, 2.45) is 17.6 Å². The maximum Gasteiger partial charge on any atom is 0.223 e. The molecule has 1 aliphatic heterocycles. The highest BCUT2D eigenvalue weighted by atomic mass is 16.2. The zero-order valence-corrected chi connectivity index (χ0v) is 14.9. The first-order chi connectivity index (χ1) is 12.1. The molecule has 1 saturated carbocycles. The average Bonchev–Trinajstić information content (AvgIpc) is 3.15. The Morgan fingerprint density at radius 1 is 1.08 bits per heavy atom.